The Morgan fingerprint density at radius 1 is 1.20 bits per heavy atom. The van der Waals surface area contributed by atoms with Crippen LogP contribution in [0, 0.1) is 0 Å². The van der Waals surface area contributed by atoms with E-state index in [0.29, 0.717) is 6.54 Å². The molecule has 1 fully saturated rings. The molecule has 1 N–H and O–H groups in total. The van der Waals surface area contributed by atoms with Gasteiger partial charge in [0.2, 0.25) is 5.91 Å². The van der Waals surface area contributed by atoms with Crippen molar-refractivity contribution in [3.8, 4) is 0 Å². The van der Waals surface area contributed by atoms with E-state index in [1.165, 1.54) is 11.3 Å². The molecule has 2 aliphatic rings. The standard InChI is InChI=1S/C18H30N6O/c1-14(2)21-17(25)12-23-6-4-7-24(10-9-23)18-15-11-22(3)8-5-16(15)19-13-20-18/h13-14H,4-12H2,1-3H3,(H,21,25). The third kappa shape index (κ3) is 4.67. The summed E-state index contributed by atoms with van der Waals surface area (Å²) in [4.78, 5) is 28.1. The summed E-state index contributed by atoms with van der Waals surface area (Å²) >= 11 is 0. The second-order valence-electron chi connectivity index (χ2n) is 7.45. The SMILES string of the molecule is CC(C)NC(=O)CN1CCCN(c2ncnc3c2CN(C)CC3)CC1. The number of aromatic nitrogens is 2. The Labute approximate surface area is 150 Å². The fraction of sp³-hybridized carbons (Fsp3) is 0.722. The zero-order valence-electron chi connectivity index (χ0n) is 15.7. The molecule has 1 amide bonds. The number of hydrogen-bond acceptors (Lipinski definition) is 6. The van der Waals surface area contributed by atoms with Gasteiger partial charge in [0.25, 0.3) is 0 Å². The minimum absolute atomic E-state index is 0.115. The minimum atomic E-state index is 0.115. The van der Waals surface area contributed by atoms with Crippen molar-refractivity contribution in [2.75, 3.05) is 51.2 Å². The van der Waals surface area contributed by atoms with Crippen LogP contribution in [0.5, 0.6) is 0 Å². The van der Waals surface area contributed by atoms with Crippen molar-refractivity contribution >= 4 is 11.7 Å². The first kappa shape index (κ1) is 18.1. The van der Waals surface area contributed by atoms with Gasteiger partial charge in [0, 0.05) is 57.3 Å². The van der Waals surface area contributed by atoms with Crippen LogP contribution in [0.25, 0.3) is 0 Å². The summed E-state index contributed by atoms with van der Waals surface area (Å²) < 4.78 is 0. The van der Waals surface area contributed by atoms with Gasteiger partial charge in [0.15, 0.2) is 0 Å². The Balaban J connectivity index is 1.65. The molecule has 0 atom stereocenters. The van der Waals surface area contributed by atoms with Crippen LogP contribution in [0.2, 0.25) is 0 Å². The van der Waals surface area contributed by atoms with Crippen molar-refractivity contribution in [2.24, 2.45) is 0 Å². The number of nitrogens with one attached hydrogen (secondary N) is 1. The molecule has 138 valence electrons. The van der Waals surface area contributed by atoms with E-state index in [9.17, 15) is 4.79 Å². The molecule has 3 heterocycles. The summed E-state index contributed by atoms with van der Waals surface area (Å²) in [5, 5.41) is 2.98. The Kier molecular flexibility index (Phi) is 5.86. The van der Waals surface area contributed by atoms with Gasteiger partial charge in [-0.2, -0.15) is 0 Å². The largest absolute Gasteiger partial charge is 0.355 e. The van der Waals surface area contributed by atoms with Gasteiger partial charge >= 0.3 is 0 Å². The van der Waals surface area contributed by atoms with Crippen LogP contribution in [0.4, 0.5) is 5.82 Å². The molecule has 0 spiro atoms. The number of fused-ring (bicyclic) bond motifs is 1. The number of carbonyl (C=O) groups excluding carboxylic acids is 1. The van der Waals surface area contributed by atoms with Crippen LogP contribution < -0.4 is 10.2 Å². The summed E-state index contributed by atoms with van der Waals surface area (Å²) in [6.07, 6.45) is 3.75. The summed E-state index contributed by atoms with van der Waals surface area (Å²) in [5.74, 6) is 1.20. The number of amides is 1. The molecule has 7 heteroatoms. The Bertz CT molecular complexity index is 605. The summed E-state index contributed by atoms with van der Waals surface area (Å²) in [5.41, 5.74) is 2.47. The third-order valence-corrected chi connectivity index (χ3v) is 4.88. The van der Waals surface area contributed by atoms with Gasteiger partial charge in [-0.25, -0.2) is 9.97 Å². The number of carbonyl (C=O) groups is 1. The molecule has 2 aliphatic heterocycles. The average Bonchev–Trinajstić information content (AvgIpc) is 2.79. The van der Waals surface area contributed by atoms with E-state index in [-0.39, 0.29) is 11.9 Å². The maximum Gasteiger partial charge on any atom is 0.234 e. The van der Waals surface area contributed by atoms with E-state index in [0.717, 1.165) is 57.9 Å². The van der Waals surface area contributed by atoms with E-state index in [2.05, 4.69) is 37.0 Å². The quantitative estimate of drug-likeness (QED) is 0.857. The predicted octanol–water partition coefficient (Wildman–Crippen LogP) is 0.501. The highest BCUT2D eigenvalue weighted by atomic mass is 16.2. The average molecular weight is 346 g/mol. The first-order valence-electron chi connectivity index (χ1n) is 9.31. The normalized spacial score (nSPS) is 19.6. The molecule has 1 saturated heterocycles. The molecule has 0 radical (unpaired) electrons. The molecule has 0 saturated carbocycles. The Hall–Kier alpha value is -1.73. The lowest BCUT2D eigenvalue weighted by Crippen LogP contribution is -2.41. The van der Waals surface area contributed by atoms with Gasteiger partial charge < -0.3 is 15.1 Å². The van der Waals surface area contributed by atoms with Crippen LogP contribution in [-0.4, -0.2) is 78.0 Å². The Morgan fingerprint density at radius 3 is 2.84 bits per heavy atom. The molecule has 0 bridgehead atoms. The lowest BCUT2D eigenvalue weighted by Gasteiger charge is -2.30. The molecule has 0 aromatic carbocycles. The third-order valence-electron chi connectivity index (χ3n) is 4.88. The summed E-state index contributed by atoms with van der Waals surface area (Å²) in [6, 6.07) is 0.195. The van der Waals surface area contributed by atoms with Crippen molar-refractivity contribution in [3.63, 3.8) is 0 Å². The van der Waals surface area contributed by atoms with Crippen molar-refractivity contribution < 1.29 is 4.79 Å². The van der Waals surface area contributed by atoms with E-state index in [1.807, 2.05) is 13.8 Å². The van der Waals surface area contributed by atoms with Gasteiger partial charge in [-0.15, -0.1) is 0 Å². The van der Waals surface area contributed by atoms with Crippen LogP contribution >= 0.6 is 0 Å². The molecule has 1 aromatic heterocycles. The fourth-order valence-corrected chi connectivity index (χ4v) is 3.65. The van der Waals surface area contributed by atoms with Crippen LogP contribution in [0.15, 0.2) is 6.33 Å². The number of rotatable bonds is 4. The minimum Gasteiger partial charge on any atom is -0.355 e. The number of nitrogens with zero attached hydrogens (tertiary/aromatic N) is 5. The van der Waals surface area contributed by atoms with Crippen LogP contribution in [0.3, 0.4) is 0 Å². The molecule has 7 nitrogen and oxygen atoms in total. The second-order valence-corrected chi connectivity index (χ2v) is 7.45. The maximum atomic E-state index is 12.0. The number of hydrogen-bond donors (Lipinski definition) is 1. The predicted molar refractivity (Wildman–Crippen MR) is 98.6 cm³/mol. The molecular weight excluding hydrogens is 316 g/mol. The van der Waals surface area contributed by atoms with Crippen molar-refractivity contribution in [2.45, 2.75) is 39.3 Å². The van der Waals surface area contributed by atoms with Crippen molar-refractivity contribution in [1.82, 2.24) is 25.1 Å². The highest BCUT2D eigenvalue weighted by Crippen LogP contribution is 2.25. The monoisotopic (exact) mass is 346 g/mol. The van der Waals surface area contributed by atoms with Crippen molar-refractivity contribution in [3.05, 3.63) is 17.6 Å². The zero-order chi connectivity index (χ0) is 17.8. The molecule has 25 heavy (non-hydrogen) atoms. The van der Waals surface area contributed by atoms with Crippen LogP contribution in [0.1, 0.15) is 31.5 Å². The van der Waals surface area contributed by atoms with E-state index >= 15 is 0 Å². The number of anilines is 1. The fourth-order valence-electron chi connectivity index (χ4n) is 3.65. The lowest BCUT2D eigenvalue weighted by atomic mass is 10.1. The van der Waals surface area contributed by atoms with Gasteiger partial charge in [-0.05, 0) is 27.3 Å². The van der Waals surface area contributed by atoms with Gasteiger partial charge in [-0.1, -0.05) is 0 Å². The molecule has 1 aromatic rings. The Morgan fingerprint density at radius 2 is 2.04 bits per heavy atom. The highest BCUT2D eigenvalue weighted by Gasteiger charge is 2.24. The zero-order valence-corrected chi connectivity index (χ0v) is 15.7. The highest BCUT2D eigenvalue weighted by molar-refractivity contribution is 5.78. The summed E-state index contributed by atoms with van der Waals surface area (Å²) in [6.45, 7) is 10.2. The lowest BCUT2D eigenvalue weighted by molar-refractivity contribution is -0.122. The van der Waals surface area contributed by atoms with Gasteiger partial charge in [-0.3, -0.25) is 9.69 Å². The number of likely N-dealkylation sites (N-methyl/N-ethyl adjacent to an activating group) is 1. The van der Waals surface area contributed by atoms with Gasteiger partial charge in [0.05, 0.1) is 12.2 Å². The first-order valence-corrected chi connectivity index (χ1v) is 9.31. The molecule has 0 unspecified atom stereocenters. The first-order chi connectivity index (χ1) is 12.0. The van der Waals surface area contributed by atoms with E-state index < -0.39 is 0 Å². The van der Waals surface area contributed by atoms with E-state index in [4.69, 9.17) is 0 Å². The van der Waals surface area contributed by atoms with Gasteiger partial charge in [0.1, 0.15) is 12.1 Å². The van der Waals surface area contributed by atoms with Crippen LogP contribution in [-0.2, 0) is 17.8 Å². The maximum absolute atomic E-state index is 12.0. The molecule has 3 rings (SSSR count). The molecular formula is C18H30N6O. The summed E-state index contributed by atoms with van der Waals surface area (Å²) in [7, 11) is 2.15. The van der Waals surface area contributed by atoms with Crippen molar-refractivity contribution in [1.29, 1.82) is 0 Å². The molecule has 0 aliphatic carbocycles. The topological polar surface area (TPSA) is 64.6 Å². The second kappa shape index (κ2) is 8.10. The van der Waals surface area contributed by atoms with E-state index in [1.54, 1.807) is 6.33 Å². The smallest absolute Gasteiger partial charge is 0.234 e.